The molecule has 5 nitrogen and oxygen atoms in total. The van der Waals surface area contributed by atoms with Gasteiger partial charge >= 0.3 is 5.97 Å². The van der Waals surface area contributed by atoms with Gasteiger partial charge in [0, 0.05) is 11.3 Å². The van der Waals surface area contributed by atoms with E-state index in [9.17, 15) is 9.59 Å². The van der Waals surface area contributed by atoms with Crippen molar-refractivity contribution in [3.05, 3.63) is 95.1 Å². The number of amides is 1. The molecule has 1 atom stereocenters. The van der Waals surface area contributed by atoms with Gasteiger partial charge in [0.25, 0.3) is 5.91 Å². The van der Waals surface area contributed by atoms with E-state index in [-0.39, 0.29) is 5.56 Å². The lowest BCUT2D eigenvalue weighted by Gasteiger charge is -2.19. The van der Waals surface area contributed by atoms with Crippen molar-refractivity contribution in [3.63, 3.8) is 0 Å². The van der Waals surface area contributed by atoms with Gasteiger partial charge in [-0.25, -0.2) is 4.79 Å². The molecular formula is C24H23NO4. The molecule has 3 rings (SSSR count). The number of nitrogens with one attached hydrogen (secondary N) is 1. The molecule has 0 unspecified atom stereocenters. The number of para-hydroxylation sites is 1. The third-order valence-corrected chi connectivity index (χ3v) is 4.54. The van der Waals surface area contributed by atoms with Gasteiger partial charge in [-0.1, -0.05) is 54.6 Å². The Kier molecular flexibility index (Phi) is 6.29. The highest BCUT2D eigenvalue weighted by molar-refractivity contribution is 5.99. The first-order valence-electron chi connectivity index (χ1n) is 9.26. The second-order valence-electron chi connectivity index (χ2n) is 6.70. The topological polar surface area (TPSA) is 64.6 Å². The fourth-order valence-electron chi connectivity index (χ4n) is 2.95. The molecule has 1 N–H and O–H groups in total. The SMILES string of the molecule is COc1ccccc1C(=O)O[C@H](C(=O)Nc1cc(C)ccc1C)c1ccccc1. The van der Waals surface area contributed by atoms with Crippen LogP contribution >= 0.6 is 0 Å². The third kappa shape index (κ3) is 4.82. The van der Waals surface area contributed by atoms with E-state index in [0.717, 1.165) is 11.1 Å². The Hall–Kier alpha value is -3.60. The van der Waals surface area contributed by atoms with Crippen LogP contribution in [0, 0.1) is 13.8 Å². The van der Waals surface area contributed by atoms with Crippen molar-refractivity contribution in [1.82, 2.24) is 0 Å². The Morgan fingerprint density at radius 3 is 2.31 bits per heavy atom. The van der Waals surface area contributed by atoms with Gasteiger partial charge in [-0.3, -0.25) is 4.79 Å². The van der Waals surface area contributed by atoms with Crippen molar-refractivity contribution in [1.29, 1.82) is 0 Å². The maximum absolute atomic E-state index is 13.1. The van der Waals surface area contributed by atoms with E-state index in [1.807, 2.05) is 38.1 Å². The minimum atomic E-state index is -1.10. The van der Waals surface area contributed by atoms with Gasteiger partial charge in [0.05, 0.1) is 7.11 Å². The quantitative estimate of drug-likeness (QED) is 0.612. The predicted octanol–water partition coefficient (Wildman–Crippen LogP) is 4.85. The molecule has 0 saturated heterocycles. The van der Waals surface area contributed by atoms with Crippen molar-refractivity contribution in [2.24, 2.45) is 0 Å². The maximum Gasteiger partial charge on any atom is 0.343 e. The summed E-state index contributed by atoms with van der Waals surface area (Å²) in [6.07, 6.45) is -1.10. The molecule has 0 saturated carbocycles. The molecule has 1 amide bonds. The van der Waals surface area contributed by atoms with Crippen LogP contribution in [0.3, 0.4) is 0 Å². The summed E-state index contributed by atoms with van der Waals surface area (Å²) in [5, 5.41) is 2.89. The summed E-state index contributed by atoms with van der Waals surface area (Å²) in [4.78, 5) is 25.9. The van der Waals surface area contributed by atoms with E-state index in [2.05, 4.69) is 5.32 Å². The van der Waals surface area contributed by atoms with E-state index in [0.29, 0.717) is 17.0 Å². The van der Waals surface area contributed by atoms with Gasteiger partial charge in [-0.2, -0.15) is 0 Å². The summed E-state index contributed by atoms with van der Waals surface area (Å²) in [6, 6.07) is 21.5. The van der Waals surface area contributed by atoms with E-state index in [1.165, 1.54) is 7.11 Å². The summed E-state index contributed by atoms with van der Waals surface area (Å²) < 4.78 is 10.9. The molecule has 3 aromatic carbocycles. The van der Waals surface area contributed by atoms with E-state index in [4.69, 9.17) is 9.47 Å². The molecule has 0 fully saturated rings. The number of hydrogen-bond acceptors (Lipinski definition) is 4. The molecule has 29 heavy (non-hydrogen) atoms. The Bertz CT molecular complexity index is 1010. The number of carbonyl (C=O) groups excluding carboxylic acids is 2. The van der Waals surface area contributed by atoms with Crippen LogP contribution in [0.5, 0.6) is 5.75 Å². The number of carbonyl (C=O) groups is 2. The van der Waals surface area contributed by atoms with Crippen LogP contribution in [0.4, 0.5) is 5.69 Å². The first-order chi connectivity index (χ1) is 14.0. The Labute approximate surface area is 170 Å². The minimum Gasteiger partial charge on any atom is -0.496 e. The van der Waals surface area contributed by atoms with Gasteiger partial charge < -0.3 is 14.8 Å². The fraction of sp³-hybridized carbons (Fsp3) is 0.167. The standard InChI is InChI=1S/C24H23NO4/c1-16-13-14-17(2)20(15-16)25-23(26)22(18-9-5-4-6-10-18)29-24(27)19-11-7-8-12-21(19)28-3/h4-15,22H,1-3H3,(H,25,26)/t22-/m0/s1. The summed E-state index contributed by atoms with van der Waals surface area (Å²) in [7, 11) is 1.48. The number of methoxy groups -OCH3 is 1. The van der Waals surface area contributed by atoms with E-state index < -0.39 is 18.0 Å². The number of benzene rings is 3. The summed E-state index contributed by atoms with van der Waals surface area (Å²) in [6.45, 7) is 3.86. The highest BCUT2D eigenvalue weighted by Crippen LogP contribution is 2.26. The minimum absolute atomic E-state index is 0.260. The van der Waals surface area contributed by atoms with Crippen molar-refractivity contribution in [2.75, 3.05) is 12.4 Å². The number of anilines is 1. The molecule has 0 radical (unpaired) electrons. The predicted molar refractivity (Wildman–Crippen MR) is 112 cm³/mol. The number of aryl methyl sites for hydroxylation is 2. The van der Waals surface area contributed by atoms with Gasteiger partial charge in [-0.15, -0.1) is 0 Å². The molecule has 3 aromatic rings. The third-order valence-electron chi connectivity index (χ3n) is 4.54. The van der Waals surface area contributed by atoms with Gasteiger partial charge in [0.2, 0.25) is 6.10 Å². The Morgan fingerprint density at radius 2 is 1.59 bits per heavy atom. The molecule has 0 aliphatic carbocycles. The molecule has 0 aliphatic rings. The zero-order chi connectivity index (χ0) is 20.8. The molecular weight excluding hydrogens is 366 g/mol. The maximum atomic E-state index is 13.1. The zero-order valence-corrected chi connectivity index (χ0v) is 16.6. The lowest BCUT2D eigenvalue weighted by atomic mass is 10.1. The second-order valence-corrected chi connectivity index (χ2v) is 6.70. The van der Waals surface area contributed by atoms with Crippen LogP contribution in [0.15, 0.2) is 72.8 Å². The van der Waals surface area contributed by atoms with Crippen LogP contribution in [-0.2, 0) is 9.53 Å². The average molecular weight is 389 g/mol. The Morgan fingerprint density at radius 1 is 0.897 bits per heavy atom. The van der Waals surface area contributed by atoms with Crippen molar-refractivity contribution >= 4 is 17.6 Å². The first-order valence-corrected chi connectivity index (χ1v) is 9.26. The van der Waals surface area contributed by atoms with Crippen LogP contribution in [0.2, 0.25) is 0 Å². The lowest BCUT2D eigenvalue weighted by molar-refractivity contribution is -0.125. The number of esters is 1. The molecule has 0 spiro atoms. The molecule has 0 aliphatic heterocycles. The summed E-state index contributed by atoms with van der Waals surface area (Å²) in [5.41, 5.74) is 3.47. The average Bonchev–Trinajstić information content (AvgIpc) is 2.74. The van der Waals surface area contributed by atoms with Crippen LogP contribution in [0.1, 0.15) is 33.2 Å². The highest BCUT2D eigenvalue weighted by atomic mass is 16.5. The number of ether oxygens (including phenoxy) is 2. The Balaban J connectivity index is 1.90. The van der Waals surface area contributed by atoms with Crippen LogP contribution in [0.25, 0.3) is 0 Å². The van der Waals surface area contributed by atoms with Gasteiger partial charge in [-0.05, 0) is 43.2 Å². The lowest BCUT2D eigenvalue weighted by Crippen LogP contribution is -2.26. The zero-order valence-electron chi connectivity index (χ0n) is 16.6. The van der Waals surface area contributed by atoms with E-state index in [1.54, 1.807) is 48.5 Å². The van der Waals surface area contributed by atoms with Gasteiger partial charge in [0.1, 0.15) is 11.3 Å². The second kappa shape index (κ2) is 9.06. The largest absolute Gasteiger partial charge is 0.496 e. The van der Waals surface area contributed by atoms with Crippen LogP contribution < -0.4 is 10.1 Å². The van der Waals surface area contributed by atoms with E-state index >= 15 is 0 Å². The molecule has 0 heterocycles. The number of hydrogen-bond donors (Lipinski definition) is 1. The van der Waals surface area contributed by atoms with Crippen molar-refractivity contribution in [3.8, 4) is 5.75 Å². The highest BCUT2D eigenvalue weighted by Gasteiger charge is 2.27. The number of rotatable bonds is 6. The molecule has 148 valence electrons. The van der Waals surface area contributed by atoms with Crippen molar-refractivity contribution < 1.29 is 19.1 Å². The summed E-state index contributed by atoms with van der Waals surface area (Å²) in [5.74, 6) is -0.667. The fourth-order valence-corrected chi connectivity index (χ4v) is 2.95. The van der Waals surface area contributed by atoms with Crippen LogP contribution in [-0.4, -0.2) is 19.0 Å². The molecule has 0 aromatic heterocycles. The first kappa shape index (κ1) is 20.1. The monoisotopic (exact) mass is 389 g/mol. The normalized spacial score (nSPS) is 11.4. The van der Waals surface area contributed by atoms with Crippen molar-refractivity contribution in [2.45, 2.75) is 20.0 Å². The molecule has 5 heteroatoms. The smallest absolute Gasteiger partial charge is 0.343 e. The van der Waals surface area contributed by atoms with Gasteiger partial charge in [0.15, 0.2) is 0 Å². The molecule has 0 bridgehead atoms. The summed E-state index contributed by atoms with van der Waals surface area (Å²) >= 11 is 0.